The standard InChI is InChI=1S/C18H21Cl2N3O3/c1-12-15(17(22-26-12)16-13(19)4-2-5-14(16)20)18(24)21-6-3-7-23-8-10-25-11-9-23/h2,4-5H,3,6-11H2,1H3,(H,21,24)/p+1. The van der Waals surface area contributed by atoms with Gasteiger partial charge >= 0.3 is 0 Å². The molecule has 0 aliphatic carbocycles. The molecule has 2 heterocycles. The monoisotopic (exact) mass is 398 g/mol. The Hall–Kier alpha value is -1.60. The molecule has 1 aliphatic rings. The first-order chi connectivity index (χ1) is 12.6. The Bertz CT molecular complexity index is 753. The third kappa shape index (κ3) is 4.38. The number of nitrogens with zero attached hydrogens (tertiary/aromatic N) is 1. The maximum atomic E-state index is 12.7. The van der Waals surface area contributed by atoms with Crippen LogP contribution in [-0.4, -0.2) is 50.5 Å². The summed E-state index contributed by atoms with van der Waals surface area (Å²) in [6.07, 6.45) is 0.896. The van der Waals surface area contributed by atoms with Crippen molar-refractivity contribution in [2.24, 2.45) is 0 Å². The molecule has 1 amide bonds. The maximum absolute atomic E-state index is 12.7. The number of aromatic nitrogens is 1. The van der Waals surface area contributed by atoms with E-state index in [-0.39, 0.29) is 5.91 Å². The second-order valence-corrected chi connectivity index (χ2v) is 7.10. The van der Waals surface area contributed by atoms with Crippen LogP contribution in [-0.2, 0) is 4.74 Å². The Morgan fingerprint density at radius 3 is 2.65 bits per heavy atom. The number of nitrogens with one attached hydrogen (secondary N) is 2. The number of hydrogen-bond acceptors (Lipinski definition) is 4. The zero-order chi connectivity index (χ0) is 18.5. The van der Waals surface area contributed by atoms with Crippen molar-refractivity contribution in [2.75, 3.05) is 39.4 Å². The smallest absolute Gasteiger partial charge is 0.257 e. The summed E-state index contributed by atoms with van der Waals surface area (Å²) in [5.74, 6) is 0.207. The number of halogens is 2. The van der Waals surface area contributed by atoms with Crippen molar-refractivity contribution in [3.63, 3.8) is 0 Å². The van der Waals surface area contributed by atoms with Gasteiger partial charge in [-0.1, -0.05) is 34.4 Å². The van der Waals surface area contributed by atoms with Gasteiger partial charge in [0.1, 0.15) is 30.1 Å². The lowest BCUT2D eigenvalue weighted by Gasteiger charge is -2.23. The Kier molecular flexibility index (Phi) is 6.53. The summed E-state index contributed by atoms with van der Waals surface area (Å²) in [6, 6.07) is 5.16. The first-order valence-electron chi connectivity index (χ1n) is 8.68. The Morgan fingerprint density at radius 1 is 1.27 bits per heavy atom. The first kappa shape index (κ1) is 19.2. The third-order valence-electron chi connectivity index (χ3n) is 4.48. The van der Waals surface area contributed by atoms with Crippen LogP contribution in [0.25, 0.3) is 11.3 Å². The largest absolute Gasteiger partial charge is 0.370 e. The van der Waals surface area contributed by atoms with Crippen molar-refractivity contribution < 1.29 is 19.0 Å². The Labute approximate surface area is 162 Å². The number of hydrogen-bond donors (Lipinski definition) is 2. The topological polar surface area (TPSA) is 68.8 Å². The van der Waals surface area contributed by atoms with Gasteiger partial charge in [-0.25, -0.2) is 0 Å². The molecular weight excluding hydrogens is 377 g/mol. The molecule has 1 aromatic carbocycles. The van der Waals surface area contributed by atoms with E-state index in [0.717, 1.165) is 39.3 Å². The normalized spacial score (nSPS) is 15.2. The van der Waals surface area contributed by atoms with Crippen molar-refractivity contribution >= 4 is 29.1 Å². The van der Waals surface area contributed by atoms with E-state index >= 15 is 0 Å². The van der Waals surface area contributed by atoms with E-state index in [1.165, 1.54) is 4.90 Å². The summed E-state index contributed by atoms with van der Waals surface area (Å²) in [6.45, 7) is 6.96. The van der Waals surface area contributed by atoms with Gasteiger partial charge in [-0.3, -0.25) is 4.79 Å². The molecular formula is C18H22Cl2N3O3+. The lowest BCUT2D eigenvalue weighted by atomic mass is 10.1. The zero-order valence-electron chi connectivity index (χ0n) is 14.6. The molecule has 2 N–H and O–H groups in total. The summed E-state index contributed by atoms with van der Waals surface area (Å²) >= 11 is 12.5. The van der Waals surface area contributed by atoms with E-state index in [9.17, 15) is 4.79 Å². The summed E-state index contributed by atoms with van der Waals surface area (Å²) in [4.78, 5) is 14.2. The molecule has 140 valence electrons. The quantitative estimate of drug-likeness (QED) is 0.730. The van der Waals surface area contributed by atoms with Gasteiger partial charge in [0.05, 0.1) is 29.8 Å². The number of carbonyl (C=O) groups excluding carboxylic acids is 1. The predicted molar refractivity (Wildman–Crippen MR) is 100 cm³/mol. The molecule has 8 heteroatoms. The molecule has 2 aromatic rings. The molecule has 0 spiro atoms. The lowest BCUT2D eigenvalue weighted by molar-refractivity contribution is -0.908. The highest BCUT2D eigenvalue weighted by Gasteiger charge is 2.24. The van der Waals surface area contributed by atoms with Gasteiger partial charge in [-0.05, 0) is 19.1 Å². The molecule has 1 aromatic heterocycles. The van der Waals surface area contributed by atoms with Crippen LogP contribution in [0.1, 0.15) is 22.5 Å². The fourth-order valence-electron chi connectivity index (χ4n) is 3.07. The second-order valence-electron chi connectivity index (χ2n) is 6.28. The Morgan fingerprint density at radius 2 is 1.96 bits per heavy atom. The molecule has 0 unspecified atom stereocenters. The van der Waals surface area contributed by atoms with E-state index in [0.29, 0.717) is 39.2 Å². The zero-order valence-corrected chi connectivity index (χ0v) is 16.1. The molecule has 3 rings (SSSR count). The fraction of sp³-hybridized carbons (Fsp3) is 0.444. The molecule has 0 bridgehead atoms. The van der Waals surface area contributed by atoms with Crippen molar-refractivity contribution in [3.8, 4) is 11.3 Å². The van der Waals surface area contributed by atoms with E-state index in [4.69, 9.17) is 32.5 Å². The minimum Gasteiger partial charge on any atom is -0.370 e. The van der Waals surface area contributed by atoms with Crippen LogP contribution in [0.3, 0.4) is 0 Å². The molecule has 26 heavy (non-hydrogen) atoms. The van der Waals surface area contributed by atoms with Crippen molar-refractivity contribution in [1.29, 1.82) is 0 Å². The van der Waals surface area contributed by atoms with E-state index < -0.39 is 0 Å². The second kappa shape index (κ2) is 8.86. The van der Waals surface area contributed by atoms with Gasteiger partial charge in [0, 0.05) is 18.5 Å². The number of morpholine rings is 1. The van der Waals surface area contributed by atoms with Crippen LogP contribution < -0.4 is 10.2 Å². The van der Waals surface area contributed by atoms with Crippen LogP contribution >= 0.6 is 23.2 Å². The highest BCUT2D eigenvalue weighted by Crippen LogP contribution is 2.36. The average Bonchev–Trinajstić information content (AvgIpc) is 3.01. The van der Waals surface area contributed by atoms with Crippen LogP contribution in [0.5, 0.6) is 0 Å². The lowest BCUT2D eigenvalue weighted by Crippen LogP contribution is -3.14. The highest BCUT2D eigenvalue weighted by molar-refractivity contribution is 6.39. The van der Waals surface area contributed by atoms with Gasteiger partial charge < -0.3 is 19.5 Å². The molecule has 1 aliphatic heterocycles. The molecule has 0 atom stereocenters. The van der Waals surface area contributed by atoms with Crippen LogP contribution in [0.2, 0.25) is 10.0 Å². The minimum atomic E-state index is -0.230. The van der Waals surface area contributed by atoms with Crippen LogP contribution in [0, 0.1) is 6.92 Å². The van der Waals surface area contributed by atoms with Gasteiger partial charge in [-0.15, -0.1) is 0 Å². The number of aryl methyl sites for hydroxylation is 1. The molecule has 1 saturated heterocycles. The third-order valence-corrected chi connectivity index (χ3v) is 5.11. The summed E-state index contributed by atoms with van der Waals surface area (Å²) in [5.41, 5.74) is 1.25. The van der Waals surface area contributed by atoms with Crippen LogP contribution in [0.4, 0.5) is 0 Å². The van der Waals surface area contributed by atoms with Gasteiger partial charge in [0.2, 0.25) is 0 Å². The summed E-state index contributed by atoms with van der Waals surface area (Å²) in [5, 5.41) is 7.81. The van der Waals surface area contributed by atoms with Gasteiger partial charge in [-0.2, -0.15) is 0 Å². The average molecular weight is 399 g/mol. The van der Waals surface area contributed by atoms with Gasteiger partial charge in [0.25, 0.3) is 5.91 Å². The van der Waals surface area contributed by atoms with Crippen LogP contribution in [0.15, 0.2) is 22.7 Å². The predicted octanol–water partition coefficient (Wildman–Crippen LogP) is 1.99. The fourth-order valence-corrected chi connectivity index (χ4v) is 3.65. The molecule has 0 radical (unpaired) electrons. The summed E-state index contributed by atoms with van der Waals surface area (Å²) < 4.78 is 10.6. The maximum Gasteiger partial charge on any atom is 0.257 e. The van der Waals surface area contributed by atoms with E-state index in [1.807, 2.05) is 0 Å². The molecule has 1 fully saturated rings. The van der Waals surface area contributed by atoms with Gasteiger partial charge in [0.15, 0.2) is 0 Å². The number of rotatable bonds is 6. The number of carbonyl (C=O) groups is 1. The number of ether oxygens (including phenoxy) is 1. The number of quaternary nitrogens is 1. The highest BCUT2D eigenvalue weighted by atomic mass is 35.5. The minimum absolute atomic E-state index is 0.230. The van der Waals surface area contributed by atoms with Crippen molar-refractivity contribution in [2.45, 2.75) is 13.3 Å². The Balaban J connectivity index is 1.65. The van der Waals surface area contributed by atoms with Crippen molar-refractivity contribution in [3.05, 3.63) is 39.6 Å². The van der Waals surface area contributed by atoms with E-state index in [2.05, 4.69) is 10.5 Å². The first-order valence-corrected chi connectivity index (χ1v) is 9.43. The number of amides is 1. The SMILES string of the molecule is Cc1onc(-c2c(Cl)cccc2Cl)c1C(=O)NCCC[NH+]1CCOCC1. The summed E-state index contributed by atoms with van der Waals surface area (Å²) in [7, 11) is 0. The van der Waals surface area contributed by atoms with Crippen molar-refractivity contribution in [1.82, 2.24) is 10.5 Å². The number of benzene rings is 1. The molecule has 6 nitrogen and oxygen atoms in total. The van der Waals surface area contributed by atoms with E-state index in [1.54, 1.807) is 25.1 Å². The molecule has 0 saturated carbocycles.